The number of rotatable bonds is 4. The zero-order valence-electron chi connectivity index (χ0n) is 13.1. The number of carbonyl (C=O) groups excluding carboxylic acids is 1. The van der Waals surface area contributed by atoms with Crippen molar-refractivity contribution in [2.45, 2.75) is 26.4 Å². The third kappa shape index (κ3) is 3.48. The van der Waals surface area contributed by atoms with Crippen LogP contribution in [0.2, 0.25) is 5.02 Å². The van der Waals surface area contributed by atoms with Crippen LogP contribution in [0.5, 0.6) is 5.75 Å². The van der Waals surface area contributed by atoms with Gasteiger partial charge < -0.3 is 9.64 Å². The van der Waals surface area contributed by atoms with Gasteiger partial charge in [-0.3, -0.25) is 9.78 Å². The number of benzene rings is 1. The molecule has 0 spiro atoms. The summed E-state index contributed by atoms with van der Waals surface area (Å²) in [7, 11) is 0. The molecule has 120 valence electrons. The Morgan fingerprint density at radius 3 is 2.83 bits per heavy atom. The van der Waals surface area contributed by atoms with Crippen LogP contribution in [0.3, 0.4) is 0 Å². The summed E-state index contributed by atoms with van der Waals surface area (Å²) in [5.41, 5.74) is 2.17. The number of ether oxygens (including phenoxy) is 1. The number of nitrogens with zero attached hydrogens (tertiary/aromatic N) is 2. The smallest absolute Gasteiger partial charge is 0.272 e. The van der Waals surface area contributed by atoms with Gasteiger partial charge in [0.05, 0.1) is 0 Å². The van der Waals surface area contributed by atoms with Crippen LogP contribution < -0.4 is 4.74 Å². The summed E-state index contributed by atoms with van der Waals surface area (Å²) >= 11 is 6.11. The van der Waals surface area contributed by atoms with Crippen molar-refractivity contribution in [2.24, 2.45) is 0 Å². The Labute approximate surface area is 141 Å². The molecule has 1 aliphatic heterocycles. The van der Waals surface area contributed by atoms with Crippen LogP contribution in [-0.2, 0) is 6.61 Å². The number of halogens is 1. The van der Waals surface area contributed by atoms with E-state index in [9.17, 15) is 4.79 Å². The minimum Gasteiger partial charge on any atom is -0.488 e. The molecular formula is C18H19ClN2O2. The molecule has 3 rings (SSSR count). The van der Waals surface area contributed by atoms with Crippen LogP contribution >= 0.6 is 11.6 Å². The number of aromatic nitrogens is 1. The summed E-state index contributed by atoms with van der Waals surface area (Å²) in [6.07, 6.45) is 3.77. The number of likely N-dealkylation sites (tertiary alicyclic amines) is 1. The molecule has 1 aromatic carbocycles. The third-order valence-corrected chi connectivity index (χ3v) is 4.50. The topological polar surface area (TPSA) is 42.4 Å². The Morgan fingerprint density at radius 2 is 2.04 bits per heavy atom. The largest absolute Gasteiger partial charge is 0.488 e. The van der Waals surface area contributed by atoms with E-state index in [1.807, 2.05) is 42.2 Å². The predicted molar refractivity (Wildman–Crippen MR) is 89.9 cm³/mol. The van der Waals surface area contributed by atoms with Crippen LogP contribution in [0.25, 0.3) is 0 Å². The first-order chi connectivity index (χ1) is 11.2. The van der Waals surface area contributed by atoms with Gasteiger partial charge in [-0.05, 0) is 38.0 Å². The van der Waals surface area contributed by atoms with Crippen molar-refractivity contribution in [3.63, 3.8) is 0 Å². The molecule has 1 amide bonds. The van der Waals surface area contributed by atoms with E-state index in [1.165, 1.54) is 0 Å². The molecule has 0 radical (unpaired) electrons. The first kappa shape index (κ1) is 15.8. The first-order valence-corrected chi connectivity index (χ1v) is 8.15. The normalized spacial score (nSPS) is 14.1. The average molecular weight is 331 g/mol. The monoisotopic (exact) mass is 330 g/mol. The highest BCUT2D eigenvalue weighted by Gasteiger charge is 2.23. The van der Waals surface area contributed by atoms with E-state index in [-0.39, 0.29) is 5.91 Å². The summed E-state index contributed by atoms with van der Waals surface area (Å²) in [6.45, 7) is 3.83. The lowest BCUT2D eigenvalue weighted by atomic mass is 10.2. The zero-order valence-corrected chi connectivity index (χ0v) is 13.8. The first-order valence-electron chi connectivity index (χ1n) is 7.78. The van der Waals surface area contributed by atoms with E-state index in [1.54, 1.807) is 6.20 Å². The van der Waals surface area contributed by atoms with Crippen LogP contribution in [0.1, 0.15) is 34.5 Å². The minimum absolute atomic E-state index is 0.00971. The molecule has 0 unspecified atom stereocenters. The summed E-state index contributed by atoms with van der Waals surface area (Å²) in [5, 5.41) is 0.669. The van der Waals surface area contributed by atoms with Gasteiger partial charge in [-0.2, -0.15) is 0 Å². The molecule has 1 aromatic heterocycles. The van der Waals surface area contributed by atoms with Crippen molar-refractivity contribution in [1.29, 1.82) is 0 Å². The second-order valence-electron chi connectivity index (χ2n) is 5.66. The Morgan fingerprint density at radius 1 is 1.26 bits per heavy atom. The summed E-state index contributed by atoms with van der Waals surface area (Å²) in [4.78, 5) is 18.7. The molecule has 1 fully saturated rings. The lowest BCUT2D eigenvalue weighted by Crippen LogP contribution is -2.29. The lowest BCUT2D eigenvalue weighted by molar-refractivity contribution is 0.0784. The fourth-order valence-electron chi connectivity index (χ4n) is 2.72. The Bertz CT molecular complexity index is 712. The molecule has 0 saturated carbocycles. The van der Waals surface area contributed by atoms with Crippen LogP contribution in [-0.4, -0.2) is 28.9 Å². The summed E-state index contributed by atoms with van der Waals surface area (Å²) < 4.78 is 5.86. The van der Waals surface area contributed by atoms with Gasteiger partial charge in [0.15, 0.2) is 0 Å². The van der Waals surface area contributed by atoms with Crippen LogP contribution in [0.4, 0.5) is 0 Å². The van der Waals surface area contributed by atoms with E-state index >= 15 is 0 Å². The maximum Gasteiger partial charge on any atom is 0.272 e. The van der Waals surface area contributed by atoms with E-state index in [0.29, 0.717) is 17.3 Å². The van der Waals surface area contributed by atoms with Gasteiger partial charge in [0, 0.05) is 35.4 Å². The Hall–Kier alpha value is -2.07. The molecular weight excluding hydrogens is 312 g/mol. The van der Waals surface area contributed by atoms with Crippen molar-refractivity contribution in [1.82, 2.24) is 9.88 Å². The highest BCUT2D eigenvalue weighted by molar-refractivity contribution is 6.31. The fraction of sp³-hybridized carbons (Fsp3) is 0.333. The standard InChI is InChI=1S/C18H19ClN2O2/c1-13-15(19)7-4-8-16(13)23-12-14-6-5-9-20-17(14)18(22)21-10-2-3-11-21/h4-9H,2-3,10-12H2,1H3. The molecule has 4 nitrogen and oxygen atoms in total. The van der Waals surface area contributed by atoms with Gasteiger partial charge in [0.2, 0.25) is 0 Å². The molecule has 0 bridgehead atoms. The second-order valence-corrected chi connectivity index (χ2v) is 6.07. The number of pyridine rings is 1. The van der Waals surface area contributed by atoms with Crippen LogP contribution in [0, 0.1) is 6.92 Å². The quantitative estimate of drug-likeness (QED) is 0.855. The molecule has 0 aliphatic carbocycles. The van der Waals surface area contributed by atoms with Crippen molar-refractivity contribution in [3.8, 4) is 5.75 Å². The summed E-state index contributed by atoms with van der Waals surface area (Å²) in [5.74, 6) is 0.713. The Balaban J connectivity index is 1.78. The zero-order chi connectivity index (χ0) is 16.2. The maximum atomic E-state index is 12.6. The minimum atomic E-state index is -0.00971. The van der Waals surface area contributed by atoms with Crippen molar-refractivity contribution in [3.05, 3.63) is 58.4 Å². The molecule has 1 saturated heterocycles. The van der Waals surface area contributed by atoms with E-state index in [2.05, 4.69) is 4.98 Å². The van der Waals surface area contributed by atoms with Crippen molar-refractivity contribution >= 4 is 17.5 Å². The molecule has 0 N–H and O–H groups in total. The third-order valence-electron chi connectivity index (χ3n) is 4.09. The van der Waals surface area contributed by atoms with E-state index < -0.39 is 0 Å². The number of carbonyl (C=O) groups is 1. The summed E-state index contributed by atoms with van der Waals surface area (Å²) in [6, 6.07) is 9.26. The van der Waals surface area contributed by atoms with E-state index in [0.717, 1.165) is 42.8 Å². The molecule has 2 heterocycles. The lowest BCUT2D eigenvalue weighted by Gasteiger charge is -2.17. The Kier molecular flexibility index (Phi) is 4.82. The van der Waals surface area contributed by atoms with E-state index in [4.69, 9.17) is 16.3 Å². The van der Waals surface area contributed by atoms with Crippen molar-refractivity contribution < 1.29 is 9.53 Å². The molecule has 23 heavy (non-hydrogen) atoms. The number of amides is 1. The van der Waals surface area contributed by atoms with Gasteiger partial charge in [-0.15, -0.1) is 0 Å². The van der Waals surface area contributed by atoms with Gasteiger partial charge in [0.1, 0.15) is 18.1 Å². The highest BCUT2D eigenvalue weighted by atomic mass is 35.5. The van der Waals surface area contributed by atoms with Crippen molar-refractivity contribution in [2.75, 3.05) is 13.1 Å². The average Bonchev–Trinajstić information content (AvgIpc) is 3.10. The van der Waals surface area contributed by atoms with Gasteiger partial charge in [-0.1, -0.05) is 23.7 Å². The maximum absolute atomic E-state index is 12.6. The molecule has 1 aliphatic rings. The highest BCUT2D eigenvalue weighted by Crippen LogP contribution is 2.26. The molecule has 2 aromatic rings. The predicted octanol–water partition coefficient (Wildman–Crippen LogP) is 3.86. The van der Waals surface area contributed by atoms with Gasteiger partial charge >= 0.3 is 0 Å². The molecule has 0 atom stereocenters. The molecule has 5 heteroatoms. The fourth-order valence-corrected chi connectivity index (χ4v) is 2.88. The number of hydrogen-bond acceptors (Lipinski definition) is 3. The van der Waals surface area contributed by atoms with Gasteiger partial charge in [-0.25, -0.2) is 0 Å². The SMILES string of the molecule is Cc1c(Cl)cccc1OCc1cccnc1C(=O)N1CCCC1. The van der Waals surface area contributed by atoms with Crippen LogP contribution in [0.15, 0.2) is 36.5 Å². The number of hydrogen-bond donors (Lipinski definition) is 0. The van der Waals surface area contributed by atoms with Gasteiger partial charge in [0.25, 0.3) is 5.91 Å². The second kappa shape index (κ2) is 7.01.